The summed E-state index contributed by atoms with van der Waals surface area (Å²) < 4.78 is 25.8. The van der Waals surface area contributed by atoms with Crippen LogP contribution >= 0.6 is 11.6 Å². The fourth-order valence-electron chi connectivity index (χ4n) is 1.75. The lowest BCUT2D eigenvalue weighted by Gasteiger charge is -2.10. The van der Waals surface area contributed by atoms with Crippen LogP contribution < -0.4 is 9.47 Å². The number of hydrogen-bond acceptors (Lipinski definition) is 7. The van der Waals surface area contributed by atoms with Crippen molar-refractivity contribution in [2.24, 2.45) is 5.10 Å². The molecule has 0 saturated heterocycles. The molecule has 0 aliphatic rings. The summed E-state index contributed by atoms with van der Waals surface area (Å²) in [7, 11) is 1.47. The molecule has 0 fully saturated rings. The molecular formula is C14H10ClFN6O2. The molecule has 0 N–H and O–H groups in total. The molecule has 3 rings (SSSR count). The van der Waals surface area contributed by atoms with Crippen molar-refractivity contribution >= 4 is 17.8 Å². The second-order valence-electron chi connectivity index (χ2n) is 4.39. The number of benzene rings is 1. The van der Waals surface area contributed by atoms with Crippen molar-refractivity contribution in [2.75, 3.05) is 7.11 Å². The second kappa shape index (κ2) is 7.01. The van der Waals surface area contributed by atoms with E-state index in [-0.39, 0.29) is 16.9 Å². The first kappa shape index (κ1) is 15.8. The number of halogens is 2. The third kappa shape index (κ3) is 3.63. The third-order valence-corrected chi connectivity index (χ3v) is 3.01. The van der Waals surface area contributed by atoms with Gasteiger partial charge in [-0.25, -0.2) is 9.66 Å². The first-order valence-corrected chi connectivity index (χ1v) is 6.96. The number of ether oxygens (including phenoxy) is 2. The Kier molecular flexibility index (Phi) is 4.62. The van der Waals surface area contributed by atoms with Crippen molar-refractivity contribution in [3.8, 4) is 17.4 Å². The van der Waals surface area contributed by atoms with Crippen LogP contribution in [0.3, 0.4) is 0 Å². The summed E-state index contributed by atoms with van der Waals surface area (Å²) in [6.07, 6.45) is 5.36. The zero-order valence-electron chi connectivity index (χ0n) is 12.3. The predicted molar refractivity (Wildman–Crippen MR) is 83.1 cm³/mol. The molecule has 8 nitrogen and oxygen atoms in total. The molecular weight excluding hydrogens is 339 g/mol. The van der Waals surface area contributed by atoms with Gasteiger partial charge in [-0.05, 0) is 35.4 Å². The van der Waals surface area contributed by atoms with Crippen LogP contribution in [0.25, 0.3) is 0 Å². The molecule has 24 heavy (non-hydrogen) atoms. The van der Waals surface area contributed by atoms with Gasteiger partial charge in [0.2, 0.25) is 11.1 Å². The fourth-order valence-corrected chi connectivity index (χ4v) is 1.87. The molecule has 0 amide bonds. The number of rotatable bonds is 5. The maximum atomic E-state index is 13.7. The van der Waals surface area contributed by atoms with E-state index < -0.39 is 5.82 Å². The third-order valence-electron chi connectivity index (χ3n) is 2.82. The van der Waals surface area contributed by atoms with Gasteiger partial charge in [0.25, 0.3) is 5.88 Å². The van der Waals surface area contributed by atoms with Crippen molar-refractivity contribution < 1.29 is 13.9 Å². The van der Waals surface area contributed by atoms with E-state index in [1.165, 1.54) is 24.4 Å². The van der Waals surface area contributed by atoms with Gasteiger partial charge in [0, 0.05) is 0 Å². The lowest BCUT2D eigenvalue weighted by Crippen LogP contribution is -1.97. The molecule has 1 aromatic carbocycles. The minimum Gasteiger partial charge on any atom is -0.493 e. The van der Waals surface area contributed by atoms with Crippen molar-refractivity contribution in [1.82, 2.24) is 24.8 Å². The first-order chi connectivity index (χ1) is 11.7. The average molecular weight is 349 g/mol. The lowest BCUT2D eigenvalue weighted by atomic mass is 10.2. The van der Waals surface area contributed by atoms with Gasteiger partial charge in [0.05, 0.1) is 19.5 Å². The molecule has 122 valence electrons. The number of methoxy groups -OCH3 is 1. The predicted octanol–water partition coefficient (Wildman–Crippen LogP) is 2.54. The molecule has 2 heterocycles. The quantitative estimate of drug-likeness (QED) is 0.520. The molecule has 0 unspecified atom stereocenters. The molecule has 0 aliphatic heterocycles. The summed E-state index contributed by atoms with van der Waals surface area (Å²) in [6, 6.07) is 5.02. The minimum absolute atomic E-state index is 0.129. The van der Waals surface area contributed by atoms with Crippen molar-refractivity contribution in [3.63, 3.8) is 0 Å². The van der Waals surface area contributed by atoms with E-state index in [1.807, 2.05) is 0 Å². The number of nitrogens with zero attached hydrogens (tertiary/aromatic N) is 6. The Balaban J connectivity index is 1.90. The Morgan fingerprint density at radius 3 is 2.79 bits per heavy atom. The van der Waals surface area contributed by atoms with Crippen LogP contribution in [0, 0.1) is 5.82 Å². The Morgan fingerprint density at radius 1 is 1.25 bits per heavy atom. The Bertz CT molecular complexity index is 872. The number of aromatic nitrogens is 5. The van der Waals surface area contributed by atoms with Crippen molar-refractivity contribution in [3.05, 3.63) is 53.7 Å². The van der Waals surface area contributed by atoms with Crippen LogP contribution in [0.5, 0.6) is 17.4 Å². The van der Waals surface area contributed by atoms with Gasteiger partial charge in [-0.2, -0.15) is 14.5 Å². The van der Waals surface area contributed by atoms with Gasteiger partial charge < -0.3 is 9.47 Å². The summed E-state index contributed by atoms with van der Waals surface area (Å²) in [5.74, 6) is -0.407. The topological polar surface area (TPSA) is 87.3 Å². The Hall–Kier alpha value is -3.07. The van der Waals surface area contributed by atoms with Gasteiger partial charge >= 0.3 is 0 Å². The smallest absolute Gasteiger partial charge is 0.260 e. The summed E-state index contributed by atoms with van der Waals surface area (Å²) >= 11 is 5.66. The van der Waals surface area contributed by atoms with E-state index in [9.17, 15) is 4.39 Å². The molecule has 0 saturated carbocycles. The maximum Gasteiger partial charge on any atom is 0.260 e. The number of hydrogen-bond donors (Lipinski definition) is 0. The van der Waals surface area contributed by atoms with Gasteiger partial charge in [-0.1, -0.05) is 0 Å². The Labute approximate surface area is 140 Å². The highest BCUT2D eigenvalue weighted by Gasteiger charge is 2.12. The van der Waals surface area contributed by atoms with Crippen molar-refractivity contribution in [2.45, 2.75) is 0 Å². The van der Waals surface area contributed by atoms with Crippen molar-refractivity contribution in [1.29, 1.82) is 0 Å². The molecule has 0 bridgehead atoms. The van der Waals surface area contributed by atoms with Gasteiger partial charge in [0.15, 0.2) is 11.5 Å². The van der Waals surface area contributed by atoms with Crippen LogP contribution in [-0.4, -0.2) is 38.2 Å². The molecule has 0 aliphatic carbocycles. The summed E-state index contributed by atoms with van der Waals surface area (Å²) in [6.45, 7) is 0. The first-order valence-electron chi connectivity index (χ1n) is 6.58. The Morgan fingerprint density at radius 2 is 2.04 bits per heavy atom. The monoisotopic (exact) mass is 348 g/mol. The van der Waals surface area contributed by atoms with Crippen LogP contribution in [0.15, 0.2) is 42.2 Å². The van der Waals surface area contributed by atoms with E-state index in [1.54, 1.807) is 24.4 Å². The lowest BCUT2D eigenvalue weighted by molar-refractivity contribution is 0.363. The fraction of sp³-hybridized carbons (Fsp3) is 0.0714. The highest BCUT2D eigenvalue weighted by atomic mass is 35.5. The van der Waals surface area contributed by atoms with E-state index >= 15 is 0 Å². The molecule has 2 aromatic heterocycles. The minimum atomic E-state index is -0.745. The van der Waals surface area contributed by atoms with Crippen LogP contribution in [-0.2, 0) is 0 Å². The van der Waals surface area contributed by atoms with Gasteiger partial charge in [0.1, 0.15) is 12.7 Å². The largest absolute Gasteiger partial charge is 0.493 e. The van der Waals surface area contributed by atoms with Gasteiger partial charge in [-0.3, -0.25) is 0 Å². The average Bonchev–Trinajstić information content (AvgIpc) is 3.10. The molecule has 3 aromatic rings. The molecule has 0 radical (unpaired) electrons. The molecule has 0 atom stereocenters. The van der Waals surface area contributed by atoms with E-state index in [4.69, 9.17) is 21.1 Å². The maximum absolute atomic E-state index is 13.7. The van der Waals surface area contributed by atoms with Crippen LogP contribution in [0.2, 0.25) is 5.28 Å². The SMILES string of the molecule is COc1ccc(/C=N\n2cnnc2)cc1Oc1nc(Cl)ncc1F. The van der Waals surface area contributed by atoms with E-state index in [0.29, 0.717) is 11.3 Å². The molecule has 10 heteroatoms. The molecule has 0 spiro atoms. The second-order valence-corrected chi connectivity index (χ2v) is 4.73. The summed E-state index contributed by atoms with van der Waals surface area (Å²) in [5, 5.41) is 11.3. The zero-order chi connectivity index (χ0) is 16.9. The standard InChI is InChI=1S/C14H10ClFN6O2/c1-23-11-3-2-9(5-20-22-7-18-19-8-22)4-12(11)24-13-10(16)6-17-14(15)21-13/h2-8H,1H3/b20-5-. The zero-order valence-corrected chi connectivity index (χ0v) is 13.1. The van der Waals surface area contributed by atoms with Crippen LogP contribution in [0.4, 0.5) is 4.39 Å². The highest BCUT2D eigenvalue weighted by Crippen LogP contribution is 2.32. The summed E-state index contributed by atoms with van der Waals surface area (Å²) in [4.78, 5) is 7.24. The van der Waals surface area contributed by atoms with E-state index in [2.05, 4.69) is 25.3 Å². The van der Waals surface area contributed by atoms with Gasteiger partial charge in [-0.15, -0.1) is 10.2 Å². The van der Waals surface area contributed by atoms with E-state index in [0.717, 1.165) is 6.20 Å². The summed E-state index contributed by atoms with van der Waals surface area (Å²) in [5.41, 5.74) is 0.681. The highest BCUT2D eigenvalue weighted by molar-refractivity contribution is 6.28. The normalized spacial score (nSPS) is 11.0. The van der Waals surface area contributed by atoms with Crippen LogP contribution in [0.1, 0.15) is 5.56 Å².